The van der Waals surface area contributed by atoms with Crippen LogP contribution in [0.5, 0.6) is 11.5 Å². The van der Waals surface area contributed by atoms with Crippen LogP contribution in [0.15, 0.2) is 35.9 Å². The maximum atomic E-state index is 10.9. The minimum Gasteiger partial charge on any atom is -0.507 e. The highest BCUT2D eigenvalue weighted by Crippen LogP contribution is 2.47. The van der Waals surface area contributed by atoms with E-state index >= 15 is 0 Å². The normalized spacial score (nSPS) is 19.8. The van der Waals surface area contributed by atoms with Gasteiger partial charge in [-0.05, 0) is 87.0 Å². The lowest BCUT2D eigenvalue weighted by Gasteiger charge is -2.32. The number of aromatic hydroxyl groups is 1. The number of benzene rings is 1. The number of allylic oxidation sites excluding steroid dienone is 3. The second-order valence-corrected chi connectivity index (χ2v) is 8.29. The largest absolute Gasteiger partial charge is 0.507 e. The van der Waals surface area contributed by atoms with Crippen LogP contribution in [0.3, 0.4) is 0 Å². The number of rotatable bonds is 7. The van der Waals surface area contributed by atoms with E-state index in [0.29, 0.717) is 5.75 Å². The first kappa shape index (κ1) is 21.0. The molecule has 1 aliphatic carbocycles. The van der Waals surface area contributed by atoms with Crippen molar-refractivity contribution in [1.82, 2.24) is 0 Å². The SMILES string of the molecule is C=C(C)[C@@H]1CCC(C)=C[C@H]1c1c(O)cc(CCCCC)cc1OC(=S)Cl. The highest BCUT2D eigenvalue weighted by atomic mass is 35.5. The van der Waals surface area contributed by atoms with Gasteiger partial charge in [0.25, 0.3) is 4.51 Å². The van der Waals surface area contributed by atoms with Gasteiger partial charge in [0.2, 0.25) is 0 Å². The Bertz CT molecular complexity index is 708. The monoisotopic (exact) mass is 392 g/mol. The first-order valence-corrected chi connectivity index (χ1v) is 10.2. The lowest BCUT2D eigenvalue weighted by atomic mass is 9.73. The van der Waals surface area contributed by atoms with Crippen molar-refractivity contribution < 1.29 is 9.84 Å². The molecule has 0 saturated heterocycles. The van der Waals surface area contributed by atoms with Crippen LogP contribution >= 0.6 is 23.8 Å². The minimum atomic E-state index is -0.0558. The maximum Gasteiger partial charge on any atom is 0.260 e. The summed E-state index contributed by atoms with van der Waals surface area (Å²) in [4.78, 5) is 0. The number of thiocarbonyl (C=S) groups is 1. The van der Waals surface area contributed by atoms with Crippen LogP contribution in [0.25, 0.3) is 0 Å². The van der Waals surface area contributed by atoms with Gasteiger partial charge in [-0.25, -0.2) is 0 Å². The zero-order chi connectivity index (χ0) is 19.3. The Morgan fingerprint density at radius 1 is 1.38 bits per heavy atom. The molecule has 142 valence electrons. The Kier molecular flexibility index (Phi) is 7.72. The Morgan fingerprint density at radius 3 is 2.73 bits per heavy atom. The second-order valence-electron chi connectivity index (χ2n) is 7.35. The first-order valence-electron chi connectivity index (χ1n) is 9.39. The molecule has 0 fully saturated rings. The molecule has 0 aliphatic heterocycles. The zero-order valence-corrected chi connectivity index (χ0v) is 17.6. The van der Waals surface area contributed by atoms with Crippen molar-refractivity contribution in [2.45, 2.75) is 65.2 Å². The van der Waals surface area contributed by atoms with Crippen molar-refractivity contribution in [3.05, 3.63) is 47.1 Å². The molecule has 0 radical (unpaired) electrons. The molecule has 0 bridgehead atoms. The van der Waals surface area contributed by atoms with E-state index in [1.165, 1.54) is 5.57 Å². The molecular formula is C22H29ClO2S. The van der Waals surface area contributed by atoms with Crippen LogP contribution in [-0.2, 0) is 6.42 Å². The average Bonchev–Trinajstić information content (AvgIpc) is 2.54. The van der Waals surface area contributed by atoms with Crippen molar-refractivity contribution >= 4 is 28.3 Å². The van der Waals surface area contributed by atoms with Crippen LogP contribution in [0.2, 0.25) is 0 Å². The third-order valence-corrected chi connectivity index (χ3v) is 5.31. The number of phenolic OH excluding ortho intramolecular Hbond substituents is 1. The molecule has 0 saturated carbocycles. The van der Waals surface area contributed by atoms with Crippen molar-refractivity contribution in [3.63, 3.8) is 0 Å². The Balaban J connectivity index is 2.49. The summed E-state index contributed by atoms with van der Waals surface area (Å²) >= 11 is 10.8. The predicted octanol–water partition coefficient (Wildman–Crippen LogP) is 7.04. The van der Waals surface area contributed by atoms with Crippen molar-refractivity contribution in [1.29, 1.82) is 0 Å². The van der Waals surface area contributed by atoms with Gasteiger partial charge in [-0.3, -0.25) is 0 Å². The van der Waals surface area contributed by atoms with Gasteiger partial charge in [0.1, 0.15) is 11.5 Å². The summed E-state index contributed by atoms with van der Waals surface area (Å²) in [5, 5.41) is 10.9. The summed E-state index contributed by atoms with van der Waals surface area (Å²) in [7, 11) is 0. The van der Waals surface area contributed by atoms with Crippen LogP contribution in [0.1, 0.15) is 69.9 Å². The summed E-state index contributed by atoms with van der Waals surface area (Å²) < 4.78 is 5.61. The second kappa shape index (κ2) is 9.57. The maximum absolute atomic E-state index is 10.9. The fourth-order valence-corrected chi connectivity index (χ4v) is 3.98. The Morgan fingerprint density at radius 2 is 2.12 bits per heavy atom. The van der Waals surface area contributed by atoms with Crippen LogP contribution in [0.4, 0.5) is 0 Å². The first-order chi connectivity index (χ1) is 12.3. The molecule has 0 spiro atoms. The molecule has 1 aliphatic rings. The standard InChI is InChI=1S/C22H29ClO2S/c1-5-6-7-8-16-12-19(24)21(20(13-16)25-22(23)26)18-11-15(4)9-10-17(18)14(2)3/h11-13,17-18,24H,2,5-10H2,1,3-4H3/t17-,18+/m0/s1. The average molecular weight is 393 g/mol. The number of aryl methyl sites for hydroxylation is 1. The van der Waals surface area contributed by atoms with Crippen LogP contribution in [-0.4, -0.2) is 9.62 Å². The molecule has 0 amide bonds. The molecular weight excluding hydrogens is 364 g/mol. The number of hydrogen-bond acceptors (Lipinski definition) is 3. The lowest BCUT2D eigenvalue weighted by Crippen LogP contribution is -2.18. The van der Waals surface area contributed by atoms with E-state index in [4.69, 9.17) is 28.6 Å². The van der Waals surface area contributed by atoms with Crippen molar-refractivity contribution in [3.8, 4) is 11.5 Å². The molecule has 2 atom stereocenters. The number of phenols is 1. The summed E-state index contributed by atoms with van der Waals surface area (Å²) in [6.07, 6.45) is 8.59. The van der Waals surface area contributed by atoms with Crippen molar-refractivity contribution in [2.24, 2.45) is 5.92 Å². The summed E-state index contributed by atoms with van der Waals surface area (Å²) in [6.45, 7) is 10.5. The van der Waals surface area contributed by atoms with E-state index in [9.17, 15) is 5.11 Å². The molecule has 2 rings (SSSR count). The highest BCUT2D eigenvalue weighted by molar-refractivity contribution is 7.82. The van der Waals surface area contributed by atoms with Crippen molar-refractivity contribution in [2.75, 3.05) is 0 Å². The molecule has 0 heterocycles. The molecule has 1 aromatic carbocycles. The van der Waals surface area contributed by atoms with E-state index in [2.05, 4.69) is 33.4 Å². The number of halogens is 1. The number of unbranched alkanes of at least 4 members (excludes halogenated alkanes) is 2. The van der Waals surface area contributed by atoms with Gasteiger partial charge < -0.3 is 9.84 Å². The van der Waals surface area contributed by atoms with Crippen LogP contribution < -0.4 is 4.74 Å². The summed E-state index contributed by atoms with van der Waals surface area (Å²) in [5.41, 5.74) is 4.24. The molecule has 1 aromatic rings. The fourth-order valence-electron chi connectivity index (χ4n) is 3.80. The third-order valence-electron chi connectivity index (χ3n) is 5.15. The molecule has 0 unspecified atom stereocenters. The Hall–Kier alpha value is -1.32. The van der Waals surface area contributed by atoms with E-state index in [1.807, 2.05) is 12.1 Å². The number of hydrogen-bond donors (Lipinski definition) is 1. The number of ether oxygens (including phenoxy) is 1. The van der Waals surface area contributed by atoms with E-state index in [-0.39, 0.29) is 22.1 Å². The van der Waals surface area contributed by atoms with Gasteiger partial charge in [0.05, 0.1) is 0 Å². The molecule has 0 aromatic heterocycles. The van der Waals surface area contributed by atoms with Gasteiger partial charge in [-0.15, -0.1) is 0 Å². The van der Waals surface area contributed by atoms with Gasteiger partial charge >= 0.3 is 0 Å². The Labute approximate surface area is 167 Å². The molecule has 1 N–H and O–H groups in total. The van der Waals surface area contributed by atoms with Gasteiger partial charge in [-0.1, -0.05) is 43.6 Å². The quantitative estimate of drug-likeness (QED) is 0.233. The third kappa shape index (κ3) is 5.34. The summed E-state index contributed by atoms with van der Waals surface area (Å²) in [5.74, 6) is 1.11. The molecule has 4 heteroatoms. The topological polar surface area (TPSA) is 29.5 Å². The lowest BCUT2D eigenvalue weighted by molar-refractivity contribution is 0.424. The van der Waals surface area contributed by atoms with Gasteiger partial charge in [0, 0.05) is 11.5 Å². The minimum absolute atomic E-state index is 0.0203. The van der Waals surface area contributed by atoms with E-state index in [1.54, 1.807) is 0 Å². The molecule has 26 heavy (non-hydrogen) atoms. The highest BCUT2D eigenvalue weighted by Gasteiger charge is 2.31. The van der Waals surface area contributed by atoms with Gasteiger partial charge in [-0.2, -0.15) is 0 Å². The molecule has 2 nitrogen and oxygen atoms in total. The van der Waals surface area contributed by atoms with E-state index in [0.717, 1.165) is 55.2 Å². The van der Waals surface area contributed by atoms with E-state index < -0.39 is 0 Å². The zero-order valence-electron chi connectivity index (χ0n) is 16.0. The smallest absolute Gasteiger partial charge is 0.260 e. The fraction of sp³-hybridized carbons (Fsp3) is 0.500. The summed E-state index contributed by atoms with van der Waals surface area (Å²) in [6, 6.07) is 3.84. The van der Waals surface area contributed by atoms with Crippen LogP contribution in [0, 0.1) is 5.92 Å². The predicted molar refractivity (Wildman–Crippen MR) is 114 cm³/mol. The van der Waals surface area contributed by atoms with Gasteiger partial charge in [0.15, 0.2) is 0 Å².